The van der Waals surface area contributed by atoms with Gasteiger partial charge in [0.15, 0.2) is 0 Å². The molecule has 0 amide bonds. The molecule has 0 N–H and O–H groups in total. The quantitative estimate of drug-likeness (QED) is 0.541. The first-order chi connectivity index (χ1) is 7.43. The highest BCUT2D eigenvalue weighted by Crippen LogP contribution is 2.36. The molecule has 1 fully saturated rings. The van der Waals surface area contributed by atoms with Crippen molar-refractivity contribution in [2.24, 2.45) is 17.8 Å². The van der Waals surface area contributed by atoms with Gasteiger partial charge in [-0.25, -0.2) is 4.79 Å². The molecule has 0 heterocycles. The second-order valence-corrected chi connectivity index (χ2v) is 5.45. The van der Waals surface area contributed by atoms with Gasteiger partial charge >= 0.3 is 5.97 Å². The molecule has 0 aromatic carbocycles. The van der Waals surface area contributed by atoms with Gasteiger partial charge in [0.2, 0.25) is 0 Å². The molecule has 2 nitrogen and oxygen atoms in total. The molecule has 0 aliphatic heterocycles. The molecular weight excluding hydrogens is 200 g/mol. The predicted molar refractivity (Wildman–Crippen MR) is 66.0 cm³/mol. The van der Waals surface area contributed by atoms with E-state index in [1.807, 2.05) is 0 Å². The summed E-state index contributed by atoms with van der Waals surface area (Å²) >= 11 is 0. The Bertz CT molecular complexity index is 268. The first-order valence-electron chi connectivity index (χ1n) is 6.30. The molecule has 16 heavy (non-hydrogen) atoms. The maximum atomic E-state index is 11.6. The van der Waals surface area contributed by atoms with Crippen LogP contribution in [0.3, 0.4) is 0 Å². The summed E-state index contributed by atoms with van der Waals surface area (Å²) in [6.07, 6.45) is 3.52. The summed E-state index contributed by atoms with van der Waals surface area (Å²) in [6, 6.07) is 0. The van der Waals surface area contributed by atoms with Gasteiger partial charge in [0.05, 0.1) is 0 Å². The first kappa shape index (κ1) is 13.3. The average molecular weight is 224 g/mol. The third kappa shape index (κ3) is 3.10. The van der Waals surface area contributed by atoms with E-state index in [1.165, 1.54) is 12.8 Å². The normalized spacial score (nSPS) is 30.2. The van der Waals surface area contributed by atoms with Gasteiger partial charge in [0.1, 0.15) is 6.10 Å². The van der Waals surface area contributed by atoms with Crippen molar-refractivity contribution in [3.05, 3.63) is 12.2 Å². The summed E-state index contributed by atoms with van der Waals surface area (Å²) in [5.41, 5.74) is 0.501. The molecule has 0 aromatic rings. The summed E-state index contributed by atoms with van der Waals surface area (Å²) in [4.78, 5) is 11.6. The lowest BCUT2D eigenvalue weighted by molar-refractivity contribution is -0.151. The predicted octanol–water partition coefficient (Wildman–Crippen LogP) is 3.57. The summed E-state index contributed by atoms with van der Waals surface area (Å²) in [7, 11) is 0. The molecule has 0 bridgehead atoms. The van der Waals surface area contributed by atoms with E-state index in [4.69, 9.17) is 4.74 Å². The molecule has 0 radical (unpaired) electrons. The topological polar surface area (TPSA) is 26.3 Å². The zero-order valence-electron chi connectivity index (χ0n) is 11.0. The summed E-state index contributed by atoms with van der Waals surface area (Å²) in [5, 5.41) is 0. The van der Waals surface area contributed by atoms with Crippen molar-refractivity contribution in [3.8, 4) is 0 Å². The van der Waals surface area contributed by atoms with Crippen molar-refractivity contribution in [2.75, 3.05) is 0 Å². The largest absolute Gasteiger partial charge is 0.459 e. The fourth-order valence-corrected chi connectivity index (χ4v) is 2.85. The Morgan fingerprint density at radius 1 is 1.38 bits per heavy atom. The van der Waals surface area contributed by atoms with Crippen LogP contribution in [0.4, 0.5) is 0 Å². The lowest BCUT2D eigenvalue weighted by atomic mass is 9.72. The Hall–Kier alpha value is -0.790. The highest BCUT2D eigenvalue weighted by molar-refractivity contribution is 5.87. The number of carbonyl (C=O) groups is 1. The van der Waals surface area contributed by atoms with Crippen LogP contribution in [-0.4, -0.2) is 12.1 Å². The summed E-state index contributed by atoms with van der Waals surface area (Å²) in [5.74, 6) is 1.48. The lowest BCUT2D eigenvalue weighted by Crippen LogP contribution is -2.38. The number of carbonyl (C=O) groups excluding carboxylic acids is 1. The minimum Gasteiger partial charge on any atom is -0.459 e. The highest BCUT2D eigenvalue weighted by Gasteiger charge is 2.35. The van der Waals surface area contributed by atoms with Gasteiger partial charge < -0.3 is 4.74 Å². The molecular formula is C14H24O2. The van der Waals surface area contributed by atoms with Crippen LogP contribution < -0.4 is 0 Å². The van der Waals surface area contributed by atoms with E-state index < -0.39 is 0 Å². The van der Waals surface area contributed by atoms with Crippen LogP contribution >= 0.6 is 0 Å². The number of hydrogen-bond donors (Lipinski definition) is 0. The van der Waals surface area contributed by atoms with Crippen LogP contribution in [0.25, 0.3) is 0 Å². The Labute approximate surface area is 99.1 Å². The molecule has 1 saturated carbocycles. The van der Waals surface area contributed by atoms with E-state index in [9.17, 15) is 4.79 Å². The number of esters is 1. The van der Waals surface area contributed by atoms with Crippen molar-refractivity contribution < 1.29 is 9.53 Å². The van der Waals surface area contributed by atoms with Gasteiger partial charge in [0, 0.05) is 11.5 Å². The Balaban J connectivity index is 2.68. The minimum absolute atomic E-state index is 0.0907. The smallest absolute Gasteiger partial charge is 0.333 e. The molecule has 3 unspecified atom stereocenters. The van der Waals surface area contributed by atoms with E-state index in [-0.39, 0.29) is 12.1 Å². The molecule has 0 aromatic heterocycles. The van der Waals surface area contributed by atoms with Crippen LogP contribution in [0.15, 0.2) is 12.2 Å². The van der Waals surface area contributed by atoms with Crippen LogP contribution in [0.1, 0.15) is 47.0 Å². The van der Waals surface area contributed by atoms with Crippen LogP contribution in [-0.2, 0) is 9.53 Å². The van der Waals surface area contributed by atoms with Crippen molar-refractivity contribution in [3.63, 3.8) is 0 Å². The number of rotatable bonds is 3. The number of hydrogen-bond acceptors (Lipinski definition) is 2. The standard InChI is InChI=1S/C14H24O2/c1-9(2)13-11(5)7-6-8-12(13)16-14(15)10(3)4/h9,11-13H,3,6-8H2,1-2,4-5H3. The average Bonchev–Trinajstić information content (AvgIpc) is 2.16. The fourth-order valence-electron chi connectivity index (χ4n) is 2.85. The second-order valence-electron chi connectivity index (χ2n) is 5.45. The molecule has 1 rings (SSSR count). The van der Waals surface area contributed by atoms with E-state index in [0.29, 0.717) is 23.3 Å². The summed E-state index contributed by atoms with van der Waals surface area (Å²) < 4.78 is 5.56. The molecule has 2 heteroatoms. The van der Waals surface area contributed by atoms with Gasteiger partial charge in [0.25, 0.3) is 0 Å². The van der Waals surface area contributed by atoms with E-state index in [1.54, 1.807) is 6.92 Å². The third-order valence-corrected chi connectivity index (χ3v) is 3.61. The van der Waals surface area contributed by atoms with Crippen molar-refractivity contribution >= 4 is 5.97 Å². The lowest BCUT2D eigenvalue weighted by Gasteiger charge is -2.38. The molecule has 0 saturated heterocycles. The summed E-state index contributed by atoms with van der Waals surface area (Å²) in [6.45, 7) is 12.0. The molecule has 92 valence electrons. The molecule has 3 atom stereocenters. The second kappa shape index (κ2) is 5.51. The van der Waals surface area contributed by atoms with Crippen molar-refractivity contribution in [2.45, 2.75) is 53.1 Å². The minimum atomic E-state index is -0.232. The van der Waals surface area contributed by atoms with Gasteiger partial charge in [-0.3, -0.25) is 0 Å². The third-order valence-electron chi connectivity index (χ3n) is 3.61. The Kier molecular flexibility index (Phi) is 4.57. The van der Waals surface area contributed by atoms with Crippen molar-refractivity contribution in [1.29, 1.82) is 0 Å². The van der Waals surface area contributed by atoms with Crippen LogP contribution in [0.5, 0.6) is 0 Å². The van der Waals surface area contributed by atoms with Gasteiger partial charge in [-0.15, -0.1) is 0 Å². The fraction of sp³-hybridized carbons (Fsp3) is 0.786. The van der Waals surface area contributed by atoms with Crippen molar-refractivity contribution in [1.82, 2.24) is 0 Å². The maximum Gasteiger partial charge on any atom is 0.333 e. The van der Waals surface area contributed by atoms with Gasteiger partial charge in [-0.2, -0.15) is 0 Å². The molecule has 1 aliphatic carbocycles. The van der Waals surface area contributed by atoms with E-state index >= 15 is 0 Å². The van der Waals surface area contributed by atoms with E-state index in [0.717, 1.165) is 6.42 Å². The molecule has 1 aliphatic rings. The van der Waals surface area contributed by atoms with Crippen LogP contribution in [0, 0.1) is 17.8 Å². The zero-order chi connectivity index (χ0) is 12.3. The van der Waals surface area contributed by atoms with Gasteiger partial charge in [-0.1, -0.05) is 33.8 Å². The van der Waals surface area contributed by atoms with Gasteiger partial charge in [-0.05, 0) is 31.6 Å². The Morgan fingerprint density at radius 2 is 2.00 bits per heavy atom. The maximum absolute atomic E-state index is 11.6. The van der Waals surface area contributed by atoms with E-state index in [2.05, 4.69) is 27.4 Å². The zero-order valence-corrected chi connectivity index (χ0v) is 11.0. The number of ether oxygens (including phenoxy) is 1. The highest BCUT2D eigenvalue weighted by atomic mass is 16.5. The Morgan fingerprint density at radius 3 is 2.50 bits per heavy atom. The van der Waals surface area contributed by atoms with Crippen LogP contribution in [0.2, 0.25) is 0 Å². The first-order valence-corrected chi connectivity index (χ1v) is 6.30. The molecule has 0 spiro atoms. The SMILES string of the molecule is C=C(C)C(=O)OC1CCCC(C)C1C(C)C. The monoisotopic (exact) mass is 224 g/mol.